The summed E-state index contributed by atoms with van der Waals surface area (Å²) in [4.78, 5) is 29.8. The molecule has 0 spiro atoms. The van der Waals surface area contributed by atoms with E-state index in [0.717, 1.165) is 76.1 Å². The lowest BCUT2D eigenvalue weighted by Crippen LogP contribution is -2.51. The molecule has 4 aromatic rings. The summed E-state index contributed by atoms with van der Waals surface area (Å²) in [6.45, 7) is 8.60. The number of carbonyl (C=O) groups is 1. The smallest absolute Gasteiger partial charge is 0.407 e. The van der Waals surface area contributed by atoms with Crippen molar-refractivity contribution in [1.82, 2.24) is 24.8 Å². The SMILES string of the molecule is COc1cc2c(Cl)c(-c3cn(COCC[S+](C)C)c4nc(N5[C@@H]6CC[C@H]5CC(NC(=O)OC(C)(C)C)C6)cnc34)ccc2nc1C. The maximum Gasteiger partial charge on any atom is 0.407 e. The van der Waals surface area contributed by atoms with Gasteiger partial charge in [-0.1, -0.05) is 17.7 Å². The first kappa shape index (κ1) is 32.7. The van der Waals surface area contributed by atoms with E-state index >= 15 is 0 Å². The number of carbonyl (C=O) groups excluding carboxylic acids is 1. The molecule has 10 nitrogen and oxygen atoms in total. The predicted octanol–water partition coefficient (Wildman–Crippen LogP) is 6.49. The number of hydrogen-bond acceptors (Lipinski definition) is 8. The first-order valence-corrected chi connectivity index (χ1v) is 18.4. The van der Waals surface area contributed by atoms with Crippen molar-refractivity contribution < 1.29 is 19.0 Å². The van der Waals surface area contributed by atoms with Crippen LogP contribution >= 0.6 is 11.6 Å². The molecule has 0 radical (unpaired) electrons. The van der Waals surface area contributed by atoms with E-state index in [-0.39, 0.29) is 24.2 Å². The fraction of sp³-hybridized carbons (Fsp3) is 0.529. The van der Waals surface area contributed by atoms with Crippen LogP contribution in [0.3, 0.4) is 0 Å². The number of ether oxygens (including phenoxy) is 3. The van der Waals surface area contributed by atoms with Crippen molar-refractivity contribution >= 4 is 56.5 Å². The van der Waals surface area contributed by atoms with Gasteiger partial charge in [-0.25, -0.2) is 19.7 Å². The number of amides is 1. The molecule has 2 saturated heterocycles. The summed E-state index contributed by atoms with van der Waals surface area (Å²) >= 11 is 7.08. The molecule has 2 aliphatic heterocycles. The molecular formula is C34H44ClN6O4S+. The molecule has 1 unspecified atom stereocenters. The van der Waals surface area contributed by atoms with Crippen molar-refractivity contribution in [2.45, 2.75) is 83.8 Å². The lowest BCUT2D eigenvalue weighted by molar-refractivity contribution is 0.0492. The number of nitrogens with one attached hydrogen (secondary N) is 1. The van der Waals surface area contributed by atoms with E-state index in [1.165, 1.54) is 0 Å². The number of benzene rings is 1. The third-order valence-electron chi connectivity index (χ3n) is 8.73. The van der Waals surface area contributed by atoms with Crippen LogP contribution in [0.2, 0.25) is 5.02 Å². The first-order valence-electron chi connectivity index (χ1n) is 15.8. The Kier molecular flexibility index (Phi) is 9.29. The molecule has 3 aromatic heterocycles. The van der Waals surface area contributed by atoms with Gasteiger partial charge in [0.2, 0.25) is 0 Å². The van der Waals surface area contributed by atoms with E-state index in [2.05, 4.69) is 22.7 Å². The second-order valence-electron chi connectivity index (χ2n) is 13.5. The van der Waals surface area contributed by atoms with Crippen LogP contribution in [0.25, 0.3) is 33.2 Å². The zero-order valence-corrected chi connectivity index (χ0v) is 29.3. The Labute approximate surface area is 278 Å². The summed E-state index contributed by atoms with van der Waals surface area (Å²) in [7, 11) is 1.94. The van der Waals surface area contributed by atoms with Gasteiger partial charge in [0, 0.05) is 40.8 Å². The van der Waals surface area contributed by atoms with Gasteiger partial charge in [0.25, 0.3) is 0 Å². The first-order chi connectivity index (χ1) is 21.9. The van der Waals surface area contributed by atoms with Gasteiger partial charge in [0.15, 0.2) is 5.65 Å². The Morgan fingerprint density at radius 1 is 1.13 bits per heavy atom. The average molecular weight is 668 g/mol. The number of fused-ring (bicyclic) bond motifs is 4. The van der Waals surface area contributed by atoms with Crippen LogP contribution in [0, 0.1) is 6.92 Å². The summed E-state index contributed by atoms with van der Waals surface area (Å²) in [6.07, 6.45) is 11.8. The summed E-state index contributed by atoms with van der Waals surface area (Å²) in [6, 6.07) is 6.52. The molecule has 3 atom stereocenters. The lowest BCUT2D eigenvalue weighted by atomic mass is 9.97. The number of alkyl carbamates (subject to hydrolysis) is 1. The minimum absolute atomic E-state index is 0.0674. The molecule has 1 N–H and O–H groups in total. The maximum absolute atomic E-state index is 12.5. The number of rotatable bonds is 9. The molecule has 12 heteroatoms. The van der Waals surface area contributed by atoms with E-state index in [9.17, 15) is 4.79 Å². The van der Waals surface area contributed by atoms with Crippen LogP contribution in [-0.4, -0.2) is 81.3 Å². The van der Waals surface area contributed by atoms with Gasteiger partial charge in [0.05, 0.1) is 48.7 Å². The third-order valence-corrected chi connectivity index (χ3v) is 10.1. The van der Waals surface area contributed by atoms with Crippen molar-refractivity contribution in [3.05, 3.63) is 41.3 Å². The Morgan fingerprint density at radius 2 is 1.87 bits per heavy atom. The van der Waals surface area contributed by atoms with Crippen LogP contribution in [0.1, 0.15) is 52.1 Å². The summed E-state index contributed by atoms with van der Waals surface area (Å²) in [5.74, 6) is 2.54. The largest absolute Gasteiger partial charge is 0.495 e. The molecular weight excluding hydrogens is 624 g/mol. The highest BCUT2D eigenvalue weighted by atomic mass is 35.5. The molecule has 46 heavy (non-hydrogen) atoms. The fourth-order valence-electron chi connectivity index (χ4n) is 6.69. The molecule has 1 aromatic carbocycles. The molecule has 5 heterocycles. The minimum atomic E-state index is -0.526. The lowest BCUT2D eigenvalue weighted by Gasteiger charge is -2.39. The molecule has 0 saturated carbocycles. The molecule has 2 fully saturated rings. The molecule has 6 rings (SSSR count). The highest BCUT2D eigenvalue weighted by molar-refractivity contribution is 7.95. The summed E-state index contributed by atoms with van der Waals surface area (Å²) in [5, 5.41) is 4.51. The highest BCUT2D eigenvalue weighted by Crippen LogP contribution is 2.42. The number of hydrogen-bond donors (Lipinski definition) is 1. The van der Waals surface area contributed by atoms with Crippen LogP contribution in [0.4, 0.5) is 10.6 Å². The Morgan fingerprint density at radius 3 is 2.54 bits per heavy atom. The Balaban J connectivity index is 1.33. The number of halogens is 1. The van der Waals surface area contributed by atoms with Crippen LogP contribution in [0.5, 0.6) is 5.75 Å². The minimum Gasteiger partial charge on any atom is -0.495 e. The van der Waals surface area contributed by atoms with E-state index in [1.54, 1.807) is 7.11 Å². The Hall–Kier alpha value is -3.28. The van der Waals surface area contributed by atoms with E-state index in [4.69, 9.17) is 40.8 Å². The number of nitrogens with zero attached hydrogens (tertiary/aromatic N) is 5. The average Bonchev–Trinajstić information content (AvgIpc) is 3.47. The summed E-state index contributed by atoms with van der Waals surface area (Å²) < 4.78 is 19.2. The van der Waals surface area contributed by atoms with Crippen molar-refractivity contribution in [2.75, 3.05) is 36.9 Å². The van der Waals surface area contributed by atoms with Crippen molar-refractivity contribution in [3.8, 4) is 16.9 Å². The number of aryl methyl sites for hydroxylation is 1. The topological polar surface area (TPSA) is 104 Å². The molecule has 2 aliphatic rings. The van der Waals surface area contributed by atoms with E-state index in [0.29, 0.717) is 35.0 Å². The monoisotopic (exact) mass is 667 g/mol. The van der Waals surface area contributed by atoms with Gasteiger partial charge in [-0.3, -0.25) is 0 Å². The highest BCUT2D eigenvalue weighted by Gasteiger charge is 2.42. The second-order valence-corrected chi connectivity index (χ2v) is 16.3. The number of aromatic nitrogens is 4. The van der Waals surface area contributed by atoms with Crippen molar-refractivity contribution in [2.24, 2.45) is 0 Å². The number of pyridine rings is 1. The summed E-state index contributed by atoms with van der Waals surface area (Å²) in [5.41, 5.74) is 4.35. The zero-order valence-electron chi connectivity index (χ0n) is 27.7. The van der Waals surface area contributed by atoms with Crippen LogP contribution in [-0.2, 0) is 27.1 Å². The molecule has 246 valence electrons. The van der Waals surface area contributed by atoms with E-state index < -0.39 is 5.60 Å². The quantitative estimate of drug-likeness (QED) is 0.160. The number of anilines is 1. The van der Waals surface area contributed by atoms with Crippen molar-refractivity contribution in [1.29, 1.82) is 0 Å². The molecule has 0 aliphatic carbocycles. The molecule has 1 amide bonds. The van der Waals surface area contributed by atoms with Gasteiger partial charge in [-0.05, 0) is 76.4 Å². The van der Waals surface area contributed by atoms with Gasteiger partial charge >= 0.3 is 6.09 Å². The van der Waals surface area contributed by atoms with Crippen LogP contribution in [0.15, 0.2) is 30.6 Å². The van der Waals surface area contributed by atoms with E-state index in [1.807, 2.05) is 62.9 Å². The predicted molar refractivity (Wildman–Crippen MR) is 186 cm³/mol. The molecule has 2 bridgehead atoms. The van der Waals surface area contributed by atoms with Gasteiger partial charge in [-0.2, -0.15) is 0 Å². The Bertz CT molecular complexity index is 1740. The van der Waals surface area contributed by atoms with Gasteiger partial charge in [-0.15, -0.1) is 0 Å². The second kappa shape index (κ2) is 13.1. The van der Waals surface area contributed by atoms with Crippen LogP contribution < -0.4 is 15.0 Å². The standard InChI is InChI=1S/C34H43ClN6O4S/c1-20-28(43-5)16-25-27(37-20)11-10-24(30(25)35)26-18-40(19-44-12-13-46(6)7)32-31(26)36-17-29(39-32)41-22-8-9-23(41)15-21(14-22)38-33(42)45-34(2,3)4/h10-11,16-18,21-23H,8-9,12-15,19H2,1-7H3/p+1/t21?,22-,23+. The number of methoxy groups -OCH3 is 1. The normalized spacial score (nSPS) is 19.8. The third kappa shape index (κ3) is 6.73. The zero-order chi connectivity index (χ0) is 32.7. The number of piperidine rings is 1. The van der Waals surface area contributed by atoms with Gasteiger partial charge in [0.1, 0.15) is 35.2 Å². The van der Waals surface area contributed by atoms with Crippen molar-refractivity contribution in [3.63, 3.8) is 0 Å². The van der Waals surface area contributed by atoms with Gasteiger partial charge < -0.3 is 29.0 Å². The fourth-order valence-corrected chi connectivity index (χ4v) is 7.46. The maximum atomic E-state index is 12.5.